The molecule has 0 N–H and O–H groups in total. The fourth-order valence-corrected chi connectivity index (χ4v) is 5.36. The average molecular weight is 496 g/mol. The summed E-state index contributed by atoms with van der Waals surface area (Å²) < 4.78 is 19.0. The van der Waals surface area contributed by atoms with Crippen LogP contribution in [0.25, 0.3) is 20.5 Å². The summed E-state index contributed by atoms with van der Waals surface area (Å²) in [6, 6.07) is 24.4. The van der Waals surface area contributed by atoms with Gasteiger partial charge in [0, 0.05) is 21.7 Å². The van der Waals surface area contributed by atoms with Gasteiger partial charge in [-0.3, -0.25) is 4.90 Å². The molecule has 5 rings (SSSR count). The average Bonchev–Trinajstić information content (AvgIpc) is 3.30. The van der Waals surface area contributed by atoms with Crippen molar-refractivity contribution in [1.29, 1.82) is 0 Å². The number of methoxy groups -OCH3 is 1. The predicted molar refractivity (Wildman–Crippen MR) is 143 cm³/mol. The number of hydrogen-bond acceptors (Lipinski definition) is 5. The van der Waals surface area contributed by atoms with Crippen LogP contribution in [0.2, 0.25) is 0 Å². The third-order valence-corrected chi connectivity index (χ3v) is 7.20. The van der Waals surface area contributed by atoms with Crippen LogP contribution in [0.15, 0.2) is 72.8 Å². The van der Waals surface area contributed by atoms with Gasteiger partial charge in [0.1, 0.15) is 29.6 Å². The Morgan fingerprint density at radius 2 is 1.56 bits per heavy atom. The summed E-state index contributed by atoms with van der Waals surface area (Å²) in [5.41, 5.74) is 1.04. The largest absolute Gasteiger partial charge is 0.496 e. The Labute approximate surface area is 211 Å². The molecule has 0 radical (unpaired) electrons. The van der Waals surface area contributed by atoms with Crippen molar-refractivity contribution < 1.29 is 14.2 Å². The fraction of sp³-hybridized carbons (Fsp3) is 0.286. The number of nitrogens with zero attached hydrogens (tertiary/aromatic N) is 1. The summed E-state index contributed by atoms with van der Waals surface area (Å²) in [6.07, 6.45) is 3.97. The van der Waals surface area contributed by atoms with Crippen LogP contribution >= 0.6 is 23.7 Å². The lowest BCUT2D eigenvalue weighted by Crippen LogP contribution is -2.33. The normalized spacial score (nSPS) is 13.9. The van der Waals surface area contributed by atoms with Crippen LogP contribution in [0.1, 0.15) is 19.3 Å². The van der Waals surface area contributed by atoms with Gasteiger partial charge in [0.15, 0.2) is 0 Å². The third kappa shape index (κ3) is 5.84. The molecule has 4 nitrogen and oxygen atoms in total. The SMILES string of the molecule is COc1ccc(Oc2ccc(OCCN3CCCCC3)cc2)cc1-c1cc2ccccc2s1.Cl. The maximum atomic E-state index is 6.15. The van der Waals surface area contributed by atoms with Gasteiger partial charge < -0.3 is 14.2 Å². The van der Waals surface area contributed by atoms with Crippen molar-refractivity contribution in [3.63, 3.8) is 0 Å². The van der Waals surface area contributed by atoms with E-state index in [0.29, 0.717) is 0 Å². The Hall–Kier alpha value is -2.73. The Balaban J connectivity index is 0.00000274. The smallest absolute Gasteiger partial charge is 0.128 e. The number of fused-ring (bicyclic) bond motifs is 1. The molecule has 2 heterocycles. The summed E-state index contributed by atoms with van der Waals surface area (Å²) in [6.45, 7) is 4.10. The minimum atomic E-state index is 0. The summed E-state index contributed by atoms with van der Waals surface area (Å²) in [4.78, 5) is 3.65. The van der Waals surface area contributed by atoms with Crippen LogP contribution in [-0.4, -0.2) is 38.3 Å². The molecule has 0 bridgehead atoms. The van der Waals surface area contributed by atoms with Crippen LogP contribution in [0, 0.1) is 0 Å². The summed E-state index contributed by atoms with van der Waals surface area (Å²) >= 11 is 1.76. The van der Waals surface area contributed by atoms with E-state index in [1.165, 1.54) is 42.4 Å². The van der Waals surface area contributed by atoms with Crippen LogP contribution in [0.5, 0.6) is 23.0 Å². The van der Waals surface area contributed by atoms with Gasteiger partial charge in [-0.25, -0.2) is 0 Å². The maximum Gasteiger partial charge on any atom is 0.128 e. The van der Waals surface area contributed by atoms with Gasteiger partial charge in [0.05, 0.1) is 7.11 Å². The highest BCUT2D eigenvalue weighted by Crippen LogP contribution is 2.40. The first-order valence-electron chi connectivity index (χ1n) is 11.6. The second-order valence-corrected chi connectivity index (χ2v) is 9.42. The molecule has 1 aliphatic rings. The number of likely N-dealkylation sites (tertiary alicyclic amines) is 1. The van der Waals surface area contributed by atoms with E-state index in [1.54, 1.807) is 18.4 Å². The number of thiophene rings is 1. The van der Waals surface area contributed by atoms with Gasteiger partial charge in [-0.05, 0) is 85.9 Å². The van der Waals surface area contributed by atoms with Crippen molar-refractivity contribution in [2.45, 2.75) is 19.3 Å². The zero-order valence-electron chi connectivity index (χ0n) is 19.4. The summed E-state index contributed by atoms with van der Waals surface area (Å²) in [5.74, 6) is 3.28. The monoisotopic (exact) mass is 495 g/mol. The topological polar surface area (TPSA) is 30.9 Å². The van der Waals surface area contributed by atoms with Gasteiger partial charge >= 0.3 is 0 Å². The summed E-state index contributed by atoms with van der Waals surface area (Å²) in [7, 11) is 1.71. The lowest BCUT2D eigenvalue weighted by molar-refractivity contribution is 0.183. The van der Waals surface area contributed by atoms with E-state index in [2.05, 4.69) is 35.2 Å². The minimum absolute atomic E-state index is 0. The lowest BCUT2D eigenvalue weighted by atomic mass is 10.1. The molecule has 1 aromatic heterocycles. The molecule has 1 saturated heterocycles. The highest BCUT2D eigenvalue weighted by Gasteiger charge is 2.12. The first-order chi connectivity index (χ1) is 16.3. The lowest BCUT2D eigenvalue weighted by Gasteiger charge is -2.26. The molecule has 0 atom stereocenters. The molecule has 4 aromatic rings. The van der Waals surface area contributed by atoms with E-state index in [1.807, 2.05) is 42.5 Å². The van der Waals surface area contributed by atoms with Crippen molar-refractivity contribution in [3.05, 3.63) is 72.8 Å². The van der Waals surface area contributed by atoms with E-state index < -0.39 is 0 Å². The highest BCUT2D eigenvalue weighted by molar-refractivity contribution is 7.22. The standard InChI is InChI=1S/C28H29NO3S.ClH/c1-30-26-14-13-24(20-25(26)28-19-21-7-3-4-8-27(21)33-28)32-23-11-9-22(10-12-23)31-18-17-29-15-5-2-6-16-29;/h3-4,7-14,19-20H,2,5-6,15-18H2,1H3;1H. The molecular formula is C28H30ClNO3S. The minimum Gasteiger partial charge on any atom is -0.496 e. The van der Waals surface area contributed by atoms with Crippen molar-refractivity contribution >= 4 is 33.8 Å². The fourth-order valence-electron chi connectivity index (χ4n) is 4.27. The van der Waals surface area contributed by atoms with Crippen LogP contribution in [-0.2, 0) is 0 Å². The highest BCUT2D eigenvalue weighted by atomic mass is 35.5. The zero-order chi connectivity index (χ0) is 22.5. The van der Waals surface area contributed by atoms with Gasteiger partial charge in [-0.1, -0.05) is 24.6 Å². The first-order valence-corrected chi connectivity index (χ1v) is 12.4. The quantitative estimate of drug-likeness (QED) is 0.251. The van der Waals surface area contributed by atoms with Gasteiger partial charge in [0.2, 0.25) is 0 Å². The molecule has 34 heavy (non-hydrogen) atoms. The van der Waals surface area contributed by atoms with Crippen LogP contribution in [0.4, 0.5) is 0 Å². The number of benzene rings is 3. The van der Waals surface area contributed by atoms with E-state index >= 15 is 0 Å². The van der Waals surface area contributed by atoms with Crippen molar-refractivity contribution in [1.82, 2.24) is 4.90 Å². The van der Waals surface area contributed by atoms with Gasteiger partial charge in [-0.15, -0.1) is 23.7 Å². The first kappa shape index (κ1) is 24.4. The Kier molecular flexibility index (Phi) is 8.33. The predicted octanol–water partition coefficient (Wildman–Crippen LogP) is 7.66. The Morgan fingerprint density at radius 1 is 0.824 bits per heavy atom. The Morgan fingerprint density at radius 3 is 2.32 bits per heavy atom. The van der Waals surface area contributed by atoms with E-state index in [9.17, 15) is 0 Å². The molecule has 0 unspecified atom stereocenters. The van der Waals surface area contributed by atoms with Gasteiger partial charge in [-0.2, -0.15) is 0 Å². The molecule has 1 fully saturated rings. The Bertz CT molecular complexity index is 1170. The third-order valence-electron chi connectivity index (χ3n) is 6.05. The molecule has 0 spiro atoms. The molecule has 0 aliphatic carbocycles. The van der Waals surface area contributed by atoms with E-state index in [0.717, 1.165) is 46.6 Å². The number of halogens is 1. The second kappa shape index (κ2) is 11.6. The molecule has 6 heteroatoms. The van der Waals surface area contributed by atoms with Crippen LogP contribution < -0.4 is 14.2 Å². The van der Waals surface area contributed by atoms with E-state index in [4.69, 9.17) is 14.2 Å². The number of piperidine rings is 1. The molecule has 0 saturated carbocycles. The van der Waals surface area contributed by atoms with Crippen molar-refractivity contribution in [2.75, 3.05) is 33.4 Å². The second-order valence-electron chi connectivity index (χ2n) is 8.33. The number of ether oxygens (including phenoxy) is 3. The molecular weight excluding hydrogens is 466 g/mol. The van der Waals surface area contributed by atoms with Crippen molar-refractivity contribution in [2.24, 2.45) is 0 Å². The molecule has 0 amide bonds. The number of hydrogen-bond donors (Lipinski definition) is 0. The molecule has 3 aromatic carbocycles. The van der Waals surface area contributed by atoms with Crippen LogP contribution in [0.3, 0.4) is 0 Å². The maximum absolute atomic E-state index is 6.15. The number of rotatable bonds is 8. The summed E-state index contributed by atoms with van der Waals surface area (Å²) in [5, 5.41) is 1.24. The molecule has 1 aliphatic heterocycles. The molecule has 178 valence electrons. The van der Waals surface area contributed by atoms with Gasteiger partial charge in [0.25, 0.3) is 0 Å². The zero-order valence-corrected chi connectivity index (χ0v) is 21.0. The van der Waals surface area contributed by atoms with E-state index in [-0.39, 0.29) is 12.4 Å². The van der Waals surface area contributed by atoms with Crippen molar-refractivity contribution in [3.8, 4) is 33.4 Å².